The number of aliphatic imine (C=N–C) groups is 1. The van der Waals surface area contributed by atoms with E-state index in [1.54, 1.807) is 6.08 Å². The number of allylic oxidation sites excluding steroid dienone is 3. The van der Waals surface area contributed by atoms with Crippen molar-refractivity contribution in [1.82, 2.24) is 5.32 Å². The van der Waals surface area contributed by atoms with E-state index in [1.807, 2.05) is 25.3 Å². The number of nitrogens with one attached hydrogen (secondary N) is 1. The summed E-state index contributed by atoms with van der Waals surface area (Å²) in [6.45, 7) is 5.26. The highest BCUT2D eigenvalue weighted by molar-refractivity contribution is 5.88. The fourth-order valence-electron chi connectivity index (χ4n) is 1.24. The standard InChI is InChI=1S/C12H18N2O/c1-3-4-5-7-11(13-2)10-12-14-8-6-9-15-12/h3-5,10,13H,1,6-9H2,2H3/b5-4-,11-10+. The third-order valence-electron chi connectivity index (χ3n) is 2.05. The molecule has 0 spiro atoms. The van der Waals surface area contributed by atoms with E-state index in [9.17, 15) is 0 Å². The lowest BCUT2D eigenvalue weighted by atomic mass is 10.2. The Bertz CT molecular complexity index is 290. The highest BCUT2D eigenvalue weighted by atomic mass is 16.5. The summed E-state index contributed by atoms with van der Waals surface area (Å²) >= 11 is 0. The Morgan fingerprint density at radius 3 is 3.13 bits per heavy atom. The zero-order valence-corrected chi connectivity index (χ0v) is 9.20. The molecule has 1 aliphatic heterocycles. The second-order valence-corrected chi connectivity index (χ2v) is 3.21. The first-order chi connectivity index (χ1) is 7.36. The van der Waals surface area contributed by atoms with E-state index >= 15 is 0 Å². The highest BCUT2D eigenvalue weighted by Gasteiger charge is 2.03. The van der Waals surface area contributed by atoms with Crippen molar-refractivity contribution in [2.75, 3.05) is 20.2 Å². The smallest absolute Gasteiger partial charge is 0.210 e. The summed E-state index contributed by atoms with van der Waals surface area (Å²) in [6, 6.07) is 0. The molecule has 1 aliphatic rings. The lowest BCUT2D eigenvalue weighted by Gasteiger charge is -2.12. The van der Waals surface area contributed by atoms with Gasteiger partial charge in [-0.05, 0) is 0 Å². The van der Waals surface area contributed by atoms with Crippen LogP contribution >= 0.6 is 0 Å². The number of hydrogen-bond acceptors (Lipinski definition) is 3. The minimum Gasteiger partial charge on any atom is -0.478 e. The predicted molar refractivity (Wildman–Crippen MR) is 64.0 cm³/mol. The molecule has 1 heterocycles. The molecule has 0 bridgehead atoms. The van der Waals surface area contributed by atoms with E-state index in [0.29, 0.717) is 0 Å². The van der Waals surface area contributed by atoms with Crippen molar-refractivity contribution in [3.05, 3.63) is 36.6 Å². The largest absolute Gasteiger partial charge is 0.478 e. The zero-order chi connectivity index (χ0) is 10.9. The normalized spacial score (nSPS) is 17.1. The molecule has 1 rings (SSSR count). The number of ether oxygens (including phenoxy) is 1. The van der Waals surface area contributed by atoms with Gasteiger partial charge in [-0.15, -0.1) is 0 Å². The summed E-state index contributed by atoms with van der Waals surface area (Å²) in [7, 11) is 1.90. The summed E-state index contributed by atoms with van der Waals surface area (Å²) in [5, 5.41) is 3.12. The van der Waals surface area contributed by atoms with Crippen molar-refractivity contribution in [2.24, 2.45) is 4.99 Å². The van der Waals surface area contributed by atoms with Crippen LogP contribution in [0.15, 0.2) is 41.6 Å². The summed E-state index contributed by atoms with van der Waals surface area (Å²) in [5.41, 5.74) is 1.09. The van der Waals surface area contributed by atoms with Crippen LogP contribution in [0, 0.1) is 0 Å². The molecule has 0 fully saturated rings. The van der Waals surface area contributed by atoms with Crippen LogP contribution in [-0.2, 0) is 4.74 Å². The van der Waals surface area contributed by atoms with E-state index in [4.69, 9.17) is 4.74 Å². The van der Waals surface area contributed by atoms with Crippen molar-refractivity contribution in [1.29, 1.82) is 0 Å². The van der Waals surface area contributed by atoms with Gasteiger partial charge in [0.05, 0.1) is 6.61 Å². The van der Waals surface area contributed by atoms with Gasteiger partial charge in [-0.25, -0.2) is 0 Å². The maximum Gasteiger partial charge on any atom is 0.210 e. The van der Waals surface area contributed by atoms with E-state index in [-0.39, 0.29) is 0 Å². The Labute approximate surface area is 91.2 Å². The Morgan fingerprint density at radius 1 is 1.67 bits per heavy atom. The lowest BCUT2D eigenvalue weighted by Crippen LogP contribution is -2.14. The maximum atomic E-state index is 5.41. The van der Waals surface area contributed by atoms with Crippen LogP contribution in [0.5, 0.6) is 0 Å². The predicted octanol–water partition coefficient (Wildman–Crippen LogP) is 2.04. The first kappa shape index (κ1) is 11.6. The Morgan fingerprint density at radius 2 is 2.53 bits per heavy atom. The van der Waals surface area contributed by atoms with E-state index < -0.39 is 0 Å². The summed E-state index contributed by atoms with van der Waals surface area (Å²) < 4.78 is 5.41. The molecule has 0 amide bonds. The van der Waals surface area contributed by atoms with Gasteiger partial charge >= 0.3 is 0 Å². The second kappa shape index (κ2) is 6.87. The van der Waals surface area contributed by atoms with Gasteiger partial charge in [0, 0.05) is 38.2 Å². The molecule has 0 aromatic heterocycles. The molecule has 0 atom stereocenters. The van der Waals surface area contributed by atoms with Gasteiger partial charge in [0.2, 0.25) is 5.90 Å². The molecule has 0 aromatic carbocycles. The van der Waals surface area contributed by atoms with Crippen LogP contribution in [0.4, 0.5) is 0 Å². The summed E-state index contributed by atoms with van der Waals surface area (Å²) in [5.74, 6) is 0.734. The van der Waals surface area contributed by atoms with E-state index in [0.717, 1.165) is 37.6 Å². The molecule has 0 saturated carbocycles. The number of rotatable bonds is 5. The molecule has 0 saturated heterocycles. The molecule has 15 heavy (non-hydrogen) atoms. The van der Waals surface area contributed by atoms with Gasteiger partial charge in [0.15, 0.2) is 0 Å². The number of hydrogen-bond donors (Lipinski definition) is 1. The molecule has 82 valence electrons. The third-order valence-corrected chi connectivity index (χ3v) is 2.05. The molecule has 3 heteroatoms. The van der Waals surface area contributed by atoms with Crippen LogP contribution in [0.3, 0.4) is 0 Å². The summed E-state index contributed by atoms with van der Waals surface area (Å²) in [4.78, 5) is 4.28. The van der Waals surface area contributed by atoms with Gasteiger partial charge in [0.25, 0.3) is 0 Å². The molecule has 0 unspecified atom stereocenters. The molecular weight excluding hydrogens is 188 g/mol. The van der Waals surface area contributed by atoms with E-state index in [1.165, 1.54) is 0 Å². The van der Waals surface area contributed by atoms with Crippen LogP contribution in [-0.4, -0.2) is 26.1 Å². The van der Waals surface area contributed by atoms with Crippen molar-refractivity contribution >= 4 is 5.90 Å². The molecular formula is C12H18N2O. The van der Waals surface area contributed by atoms with Crippen molar-refractivity contribution in [2.45, 2.75) is 12.8 Å². The van der Waals surface area contributed by atoms with Crippen LogP contribution in [0.2, 0.25) is 0 Å². The average molecular weight is 206 g/mol. The summed E-state index contributed by atoms with van der Waals surface area (Å²) in [6.07, 6.45) is 9.54. The van der Waals surface area contributed by atoms with Gasteiger partial charge in [-0.2, -0.15) is 0 Å². The maximum absolute atomic E-state index is 5.41. The Kier molecular flexibility index (Phi) is 5.30. The second-order valence-electron chi connectivity index (χ2n) is 3.21. The topological polar surface area (TPSA) is 33.6 Å². The minimum absolute atomic E-state index is 0.734. The van der Waals surface area contributed by atoms with Crippen LogP contribution in [0.1, 0.15) is 12.8 Å². The molecule has 1 N–H and O–H groups in total. The van der Waals surface area contributed by atoms with Gasteiger partial charge in [-0.3, -0.25) is 4.99 Å². The van der Waals surface area contributed by atoms with Crippen molar-refractivity contribution in [3.63, 3.8) is 0 Å². The van der Waals surface area contributed by atoms with Gasteiger partial charge < -0.3 is 10.1 Å². The van der Waals surface area contributed by atoms with Gasteiger partial charge in [0.1, 0.15) is 0 Å². The van der Waals surface area contributed by atoms with Crippen molar-refractivity contribution < 1.29 is 4.74 Å². The first-order valence-electron chi connectivity index (χ1n) is 5.20. The molecule has 3 nitrogen and oxygen atoms in total. The molecule has 0 aromatic rings. The highest BCUT2D eigenvalue weighted by Crippen LogP contribution is 2.03. The SMILES string of the molecule is C=C/C=C\C/C(=C\C1=NCCCO1)NC. The zero-order valence-electron chi connectivity index (χ0n) is 9.20. The lowest BCUT2D eigenvalue weighted by molar-refractivity contribution is 0.285. The quantitative estimate of drug-likeness (QED) is 0.698. The fraction of sp³-hybridized carbons (Fsp3) is 0.417. The average Bonchev–Trinajstić information content (AvgIpc) is 2.29. The molecule has 0 radical (unpaired) electrons. The minimum atomic E-state index is 0.734. The Balaban J connectivity index is 2.55. The molecule has 0 aliphatic carbocycles. The monoisotopic (exact) mass is 206 g/mol. The Hall–Kier alpha value is -1.51. The first-order valence-corrected chi connectivity index (χ1v) is 5.20. The van der Waals surface area contributed by atoms with E-state index in [2.05, 4.69) is 16.9 Å². The van der Waals surface area contributed by atoms with Crippen LogP contribution < -0.4 is 5.32 Å². The third kappa shape index (κ3) is 4.49. The van der Waals surface area contributed by atoms with Crippen molar-refractivity contribution in [3.8, 4) is 0 Å². The van der Waals surface area contributed by atoms with Crippen LogP contribution in [0.25, 0.3) is 0 Å². The van der Waals surface area contributed by atoms with Gasteiger partial charge in [-0.1, -0.05) is 24.8 Å². The number of nitrogens with zero attached hydrogens (tertiary/aromatic N) is 1. The fourth-order valence-corrected chi connectivity index (χ4v) is 1.24.